The van der Waals surface area contributed by atoms with Crippen molar-refractivity contribution in [2.45, 2.75) is 0 Å². The second-order valence-corrected chi connectivity index (χ2v) is 3.20. The van der Waals surface area contributed by atoms with Crippen molar-refractivity contribution in [1.29, 1.82) is 0 Å². The van der Waals surface area contributed by atoms with Crippen LogP contribution in [0.25, 0.3) is 0 Å². The third kappa shape index (κ3) is 2.10. The zero-order valence-electron chi connectivity index (χ0n) is 7.66. The van der Waals surface area contributed by atoms with E-state index in [0.29, 0.717) is 10.3 Å². The molecule has 0 bridgehead atoms. The summed E-state index contributed by atoms with van der Waals surface area (Å²) in [5.41, 5.74) is 0.626. The van der Waals surface area contributed by atoms with E-state index < -0.39 is 0 Å². The van der Waals surface area contributed by atoms with Crippen molar-refractivity contribution in [3.8, 4) is 5.75 Å². The topological polar surface area (TPSA) is 66.2 Å². The van der Waals surface area contributed by atoms with Gasteiger partial charge in [0.2, 0.25) is 4.77 Å². The molecule has 0 aliphatic carbocycles. The quantitative estimate of drug-likeness (QED) is 0.595. The molecule has 0 spiro atoms. The lowest BCUT2D eigenvalue weighted by atomic mass is 10.2. The molecular weight excluding hydrogens is 212 g/mol. The highest BCUT2D eigenvalue weighted by Crippen LogP contribution is 2.12. The Hall–Kier alpha value is -1.95. The Morgan fingerprint density at radius 2 is 2.27 bits per heavy atom. The van der Waals surface area contributed by atoms with E-state index in [0.717, 1.165) is 0 Å². The minimum absolute atomic E-state index is 0.177. The van der Waals surface area contributed by atoms with Crippen LogP contribution in [0.3, 0.4) is 0 Å². The Bertz CT molecular complexity index is 543. The lowest BCUT2D eigenvalue weighted by molar-refractivity contribution is 0.474. The molecule has 2 N–H and O–H groups in total. The second-order valence-electron chi connectivity index (χ2n) is 2.81. The Labute approximate surface area is 90.7 Å². The van der Waals surface area contributed by atoms with Gasteiger partial charge in [0.15, 0.2) is 0 Å². The van der Waals surface area contributed by atoms with E-state index in [9.17, 15) is 5.11 Å². The summed E-state index contributed by atoms with van der Waals surface area (Å²) < 4.78 is 1.81. The van der Waals surface area contributed by atoms with Gasteiger partial charge in [0, 0.05) is 5.56 Å². The molecule has 1 heterocycles. The Balaban J connectivity index is 2.30. The van der Waals surface area contributed by atoms with Gasteiger partial charge in [-0.3, -0.25) is 5.10 Å². The van der Waals surface area contributed by atoms with Crippen LogP contribution in [0.4, 0.5) is 0 Å². The molecule has 1 aromatic carbocycles. The van der Waals surface area contributed by atoms with Gasteiger partial charge in [0.25, 0.3) is 0 Å². The number of H-pyrrole nitrogens is 1. The fourth-order valence-electron chi connectivity index (χ4n) is 1.05. The van der Waals surface area contributed by atoms with Crippen LogP contribution < -0.4 is 0 Å². The molecule has 0 fully saturated rings. The third-order valence-electron chi connectivity index (χ3n) is 1.79. The van der Waals surface area contributed by atoms with Gasteiger partial charge in [0.1, 0.15) is 12.1 Å². The predicted molar refractivity (Wildman–Crippen MR) is 58.5 cm³/mol. The Morgan fingerprint density at radius 3 is 2.93 bits per heavy atom. The third-order valence-corrected chi connectivity index (χ3v) is 2.07. The highest BCUT2D eigenvalue weighted by molar-refractivity contribution is 7.71. The van der Waals surface area contributed by atoms with Crippen molar-refractivity contribution in [2.75, 3.05) is 0 Å². The van der Waals surface area contributed by atoms with Crippen molar-refractivity contribution in [3.05, 3.63) is 40.9 Å². The van der Waals surface area contributed by atoms with Gasteiger partial charge >= 0.3 is 0 Å². The summed E-state index contributed by atoms with van der Waals surface area (Å²) in [6.07, 6.45) is 2.97. The number of rotatable bonds is 2. The van der Waals surface area contributed by atoms with Crippen LogP contribution in [0.5, 0.6) is 5.75 Å². The average Bonchev–Trinajstić information content (AvgIpc) is 2.63. The number of para-hydroxylation sites is 1. The van der Waals surface area contributed by atoms with Crippen molar-refractivity contribution in [2.24, 2.45) is 5.10 Å². The summed E-state index contributed by atoms with van der Waals surface area (Å²) in [7, 11) is 0. The van der Waals surface area contributed by atoms with Gasteiger partial charge < -0.3 is 5.11 Å². The fraction of sp³-hybridized carbons (Fsp3) is 0. The van der Waals surface area contributed by atoms with Gasteiger partial charge in [-0.25, -0.2) is 0 Å². The van der Waals surface area contributed by atoms with Crippen LogP contribution in [-0.4, -0.2) is 26.2 Å². The zero-order chi connectivity index (χ0) is 10.7. The predicted octanol–water partition coefficient (Wildman–Crippen LogP) is 1.53. The molecular formula is C9H8N4OS. The van der Waals surface area contributed by atoms with Gasteiger partial charge in [-0.15, -0.1) is 0 Å². The zero-order valence-corrected chi connectivity index (χ0v) is 8.48. The lowest BCUT2D eigenvalue weighted by Gasteiger charge is -1.96. The number of aromatic hydroxyl groups is 1. The number of benzene rings is 1. The highest BCUT2D eigenvalue weighted by atomic mass is 32.1. The summed E-state index contributed by atoms with van der Waals surface area (Å²) in [6.45, 7) is 0. The van der Waals surface area contributed by atoms with Crippen LogP contribution in [-0.2, 0) is 0 Å². The summed E-state index contributed by atoms with van der Waals surface area (Å²) in [5, 5.41) is 19.8. The van der Waals surface area contributed by atoms with Gasteiger partial charge in [-0.05, 0) is 24.4 Å². The molecule has 0 amide bonds. The molecule has 0 radical (unpaired) electrons. The molecule has 0 saturated carbocycles. The minimum Gasteiger partial charge on any atom is -0.507 e. The van der Waals surface area contributed by atoms with Crippen molar-refractivity contribution >= 4 is 18.4 Å². The standard InChI is InChI=1S/C9H8N4OS/c14-8-4-2-1-3-7(8)5-11-13-6-10-12-9(13)15/h1-6,14H,(H,12,15)/b11-5+. The maximum Gasteiger partial charge on any atom is 0.216 e. The molecule has 6 heteroatoms. The first-order chi connectivity index (χ1) is 7.27. The van der Waals surface area contributed by atoms with E-state index in [-0.39, 0.29) is 5.75 Å². The summed E-state index contributed by atoms with van der Waals surface area (Å²) in [5.74, 6) is 0.177. The number of nitrogens with one attached hydrogen (secondary N) is 1. The first-order valence-corrected chi connectivity index (χ1v) is 4.62. The number of hydrogen-bond acceptors (Lipinski definition) is 4. The molecule has 5 nitrogen and oxygen atoms in total. The van der Waals surface area contributed by atoms with E-state index >= 15 is 0 Å². The van der Waals surface area contributed by atoms with Crippen molar-refractivity contribution in [1.82, 2.24) is 14.9 Å². The first-order valence-electron chi connectivity index (χ1n) is 4.22. The molecule has 15 heavy (non-hydrogen) atoms. The van der Waals surface area contributed by atoms with Crippen molar-refractivity contribution < 1.29 is 5.11 Å². The molecule has 0 aliphatic heterocycles. The number of hydrogen-bond donors (Lipinski definition) is 2. The normalized spacial score (nSPS) is 10.9. The van der Waals surface area contributed by atoms with E-state index in [1.54, 1.807) is 18.2 Å². The molecule has 0 saturated heterocycles. The van der Waals surface area contributed by atoms with E-state index in [1.807, 2.05) is 6.07 Å². The molecule has 0 aliphatic rings. The van der Waals surface area contributed by atoms with Crippen LogP contribution in [0.2, 0.25) is 0 Å². The van der Waals surface area contributed by atoms with Gasteiger partial charge in [0.05, 0.1) is 6.21 Å². The summed E-state index contributed by atoms with van der Waals surface area (Å²) >= 11 is 4.90. The highest BCUT2D eigenvalue weighted by Gasteiger charge is 1.95. The maximum absolute atomic E-state index is 9.46. The molecule has 1 aromatic heterocycles. The Kier molecular flexibility index (Phi) is 2.59. The lowest BCUT2D eigenvalue weighted by Crippen LogP contribution is -1.89. The van der Waals surface area contributed by atoms with Crippen LogP contribution in [0.15, 0.2) is 35.7 Å². The van der Waals surface area contributed by atoms with E-state index in [1.165, 1.54) is 17.2 Å². The average molecular weight is 220 g/mol. The molecule has 2 aromatic rings. The smallest absolute Gasteiger partial charge is 0.216 e. The summed E-state index contributed by atoms with van der Waals surface area (Å²) in [6, 6.07) is 6.91. The monoisotopic (exact) mass is 220 g/mol. The number of aromatic amines is 1. The second kappa shape index (κ2) is 4.05. The summed E-state index contributed by atoms with van der Waals surface area (Å²) in [4.78, 5) is 0. The van der Waals surface area contributed by atoms with Gasteiger partial charge in [-0.2, -0.15) is 14.9 Å². The largest absolute Gasteiger partial charge is 0.507 e. The van der Waals surface area contributed by atoms with Crippen molar-refractivity contribution in [3.63, 3.8) is 0 Å². The molecule has 76 valence electrons. The first kappa shape index (κ1) is 9.60. The van der Waals surface area contributed by atoms with E-state index in [4.69, 9.17) is 12.2 Å². The molecule has 0 atom stereocenters. The fourth-order valence-corrected chi connectivity index (χ4v) is 1.19. The van der Waals surface area contributed by atoms with Crippen LogP contribution in [0.1, 0.15) is 5.56 Å². The number of phenols is 1. The van der Waals surface area contributed by atoms with Crippen LogP contribution >= 0.6 is 12.2 Å². The van der Waals surface area contributed by atoms with Crippen LogP contribution in [0, 0.1) is 4.77 Å². The number of nitrogens with zero attached hydrogens (tertiary/aromatic N) is 3. The minimum atomic E-state index is 0.177. The number of aromatic nitrogens is 3. The van der Waals surface area contributed by atoms with Gasteiger partial charge in [-0.1, -0.05) is 12.1 Å². The number of phenolic OH excluding ortho intramolecular Hbond substituents is 1. The SMILES string of the molecule is Oc1ccccc1/C=N/n1cn[nH]c1=S. The molecule has 2 rings (SSSR count). The molecule has 0 unspecified atom stereocenters. The Morgan fingerprint density at radius 1 is 1.47 bits per heavy atom. The van der Waals surface area contributed by atoms with E-state index in [2.05, 4.69) is 15.3 Å². The maximum atomic E-state index is 9.46.